The van der Waals surface area contributed by atoms with E-state index in [4.69, 9.17) is 11.6 Å². The van der Waals surface area contributed by atoms with E-state index in [2.05, 4.69) is 41.2 Å². The number of benzene rings is 1. The van der Waals surface area contributed by atoms with Crippen LogP contribution in [0.25, 0.3) is 0 Å². The molecule has 2 heterocycles. The van der Waals surface area contributed by atoms with Crippen molar-refractivity contribution in [2.24, 2.45) is 7.05 Å². The SMILES string of the molecule is Cc1nn(C)c(N2c3ccccc3CCC2C)c1CCl. The third kappa shape index (κ3) is 2.01. The van der Waals surface area contributed by atoms with Gasteiger partial charge in [-0.15, -0.1) is 11.6 Å². The molecule has 3 nitrogen and oxygen atoms in total. The lowest BCUT2D eigenvalue weighted by atomic mass is 9.96. The molecule has 1 unspecified atom stereocenters. The first-order valence-electron chi connectivity index (χ1n) is 7.09. The molecule has 0 amide bonds. The van der Waals surface area contributed by atoms with Gasteiger partial charge in [0.1, 0.15) is 5.82 Å². The number of hydrogen-bond acceptors (Lipinski definition) is 2. The lowest BCUT2D eigenvalue weighted by molar-refractivity contribution is 0.596. The van der Waals surface area contributed by atoms with E-state index in [1.54, 1.807) is 0 Å². The first-order chi connectivity index (χ1) is 9.63. The van der Waals surface area contributed by atoms with Crippen LogP contribution < -0.4 is 4.90 Å². The normalized spacial score (nSPS) is 18.2. The minimum atomic E-state index is 0.460. The summed E-state index contributed by atoms with van der Waals surface area (Å²) in [4.78, 5) is 2.40. The number of anilines is 2. The predicted octanol–water partition coefficient (Wildman–Crippen LogP) is 3.94. The summed E-state index contributed by atoms with van der Waals surface area (Å²) >= 11 is 6.16. The quantitative estimate of drug-likeness (QED) is 0.781. The molecule has 0 fully saturated rings. The molecule has 1 aromatic heterocycles. The van der Waals surface area contributed by atoms with Gasteiger partial charge in [0.05, 0.1) is 11.6 Å². The Kier molecular flexibility index (Phi) is 3.47. The van der Waals surface area contributed by atoms with E-state index in [9.17, 15) is 0 Å². The molecule has 1 aromatic carbocycles. The maximum absolute atomic E-state index is 6.16. The zero-order chi connectivity index (χ0) is 14.3. The first-order valence-corrected chi connectivity index (χ1v) is 7.62. The Morgan fingerprint density at radius 2 is 2.10 bits per heavy atom. The zero-order valence-corrected chi connectivity index (χ0v) is 13.0. The van der Waals surface area contributed by atoms with Crippen molar-refractivity contribution in [3.8, 4) is 0 Å². The molecule has 0 spiro atoms. The van der Waals surface area contributed by atoms with Crippen molar-refractivity contribution in [2.75, 3.05) is 4.90 Å². The number of alkyl halides is 1. The molecule has 1 aliphatic rings. The van der Waals surface area contributed by atoms with Crippen LogP contribution in [-0.2, 0) is 19.3 Å². The summed E-state index contributed by atoms with van der Waals surface area (Å²) in [7, 11) is 2.00. The van der Waals surface area contributed by atoms with Crippen molar-refractivity contribution >= 4 is 23.1 Å². The number of aromatic nitrogens is 2. The molecule has 1 aliphatic heterocycles. The second kappa shape index (κ2) is 5.13. The van der Waals surface area contributed by atoms with E-state index < -0.39 is 0 Å². The Morgan fingerprint density at radius 1 is 1.35 bits per heavy atom. The van der Waals surface area contributed by atoms with E-state index in [1.165, 1.54) is 11.3 Å². The standard InChI is InChI=1S/C16H20ClN3/c1-11-8-9-13-6-4-5-7-15(13)20(11)16-14(10-17)12(2)18-19(16)3/h4-7,11H,8-10H2,1-3H3. The van der Waals surface area contributed by atoms with Crippen LogP contribution >= 0.6 is 11.6 Å². The van der Waals surface area contributed by atoms with Crippen LogP contribution in [0, 0.1) is 6.92 Å². The zero-order valence-electron chi connectivity index (χ0n) is 12.2. The third-order valence-corrected chi connectivity index (χ3v) is 4.47. The summed E-state index contributed by atoms with van der Waals surface area (Å²) < 4.78 is 1.96. The van der Waals surface area contributed by atoms with Gasteiger partial charge in [0.15, 0.2) is 0 Å². The maximum atomic E-state index is 6.16. The van der Waals surface area contributed by atoms with Crippen LogP contribution in [0.5, 0.6) is 0 Å². The van der Waals surface area contributed by atoms with Crippen LogP contribution in [0.3, 0.4) is 0 Å². The van der Waals surface area contributed by atoms with Crippen molar-refractivity contribution in [1.29, 1.82) is 0 Å². The van der Waals surface area contributed by atoms with Gasteiger partial charge in [-0.3, -0.25) is 4.68 Å². The van der Waals surface area contributed by atoms with Gasteiger partial charge in [0.25, 0.3) is 0 Å². The van der Waals surface area contributed by atoms with Gasteiger partial charge in [0.2, 0.25) is 0 Å². The van der Waals surface area contributed by atoms with E-state index in [0.29, 0.717) is 11.9 Å². The highest BCUT2D eigenvalue weighted by Gasteiger charge is 2.28. The highest BCUT2D eigenvalue weighted by atomic mass is 35.5. The van der Waals surface area contributed by atoms with Crippen molar-refractivity contribution in [2.45, 2.75) is 38.6 Å². The maximum Gasteiger partial charge on any atom is 0.135 e. The van der Waals surface area contributed by atoms with Gasteiger partial charge in [-0.25, -0.2) is 0 Å². The Morgan fingerprint density at radius 3 is 2.85 bits per heavy atom. The summed E-state index contributed by atoms with van der Waals surface area (Å²) in [5, 5.41) is 4.55. The molecule has 0 bridgehead atoms. The van der Waals surface area contributed by atoms with Crippen LogP contribution in [0.15, 0.2) is 24.3 Å². The van der Waals surface area contributed by atoms with Gasteiger partial charge < -0.3 is 4.90 Å². The number of nitrogens with zero attached hydrogens (tertiary/aromatic N) is 3. The Hall–Kier alpha value is -1.48. The number of halogens is 1. The van der Waals surface area contributed by atoms with Crippen molar-refractivity contribution in [3.05, 3.63) is 41.1 Å². The molecule has 0 aliphatic carbocycles. The molecule has 20 heavy (non-hydrogen) atoms. The van der Waals surface area contributed by atoms with Crippen LogP contribution in [-0.4, -0.2) is 15.8 Å². The minimum absolute atomic E-state index is 0.460. The van der Waals surface area contributed by atoms with Crippen LogP contribution in [0.1, 0.15) is 30.2 Å². The fourth-order valence-electron chi connectivity index (χ4n) is 3.16. The number of hydrogen-bond donors (Lipinski definition) is 0. The predicted molar refractivity (Wildman–Crippen MR) is 83.9 cm³/mol. The number of rotatable bonds is 2. The molecule has 0 radical (unpaired) electrons. The van der Waals surface area contributed by atoms with E-state index in [-0.39, 0.29) is 0 Å². The van der Waals surface area contributed by atoms with Crippen LogP contribution in [0.4, 0.5) is 11.5 Å². The Balaban J connectivity index is 2.19. The smallest absolute Gasteiger partial charge is 0.135 e. The summed E-state index contributed by atoms with van der Waals surface area (Å²) in [6.45, 7) is 4.30. The molecule has 4 heteroatoms. The summed E-state index contributed by atoms with van der Waals surface area (Å²) in [6, 6.07) is 9.10. The summed E-state index contributed by atoms with van der Waals surface area (Å²) in [6.07, 6.45) is 2.30. The molecule has 106 valence electrons. The topological polar surface area (TPSA) is 21.1 Å². The molecular weight excluding hydrogens is 270 g/mol. The molecule has 0 saturated heterocycles. The lowest BCUT2D eigenvalue weighted by Crippen LogP contribution is -2.35. The third-order valence-electron chi connectivity index (χ3n) is 4.20. The monoisotopic (exact) mass is 289 g/mol. The van der Waals surface area contributed by atoms with Crippen molar-refractivity contribution < 1.29 is 0 Å². The molecule has 3 rings (SSSR count). The molecule has 2 aromatic rings. The summed E-state index contributed by atoms with van der Waals surface area (Å²) in [5.74, 6) is 1.64. The molecule has 1 atom stereocenters. The van der Waals surface area contributed by atoms with Gasteiger partial charge in [-0.1, -0.05) is 18.2 Å². The van der Waals surface area contributed by atoms with Crippen molar-refractivity contribution in [1.82, 2.24) is 9.78 Å². The van der Waals surface area contributed by atoms with Crippen LogP contribution in [0.2, 0.25) is 0 Å². The molecule has 0 saturated carbocycles. The number of para-hydroxylation sites is 1. The van der Waals surface area contributed by atoms with E-state index >= 15 is 0 Å². The summed E-state index contributed by atoms with van der Waals surface area (Å²) in [5.41, 5.74) is 4.86. The molecule has 0 N–H and O–H groups in total. The average molecular weight is 290 g/mol. The Bertz CT molecular complexity index is 633. The average Bonchev–Trinajstić information content (AvgIpc) is 2.72. The fourth-order valence-corrected chi connectivity index (χ4v) is 3.47. The van der Waals surface area contributed by atoms with Gasteiger partial charge in [-0.2, -0.15) is 5.10 Å². The highest BCUT2D eigenvalue weighted by molar-refractivity contribution is 6.17. The number of aryl methyl sites for hydroxylation is 3. The van der Waals surface area contributed by atoms with Crippen molar-refractivity contribution in [3.63, 3.8) is 0 Å². The lowest BCUT2D eigenvalue weighted by Gasteiger charge is -2.37. The number of fused-ring (bicyclic) bond motifs is 1. The first kappa shape index (κ1) is 13.5. The van der Waals surface area contributed by atoms with Gasteiger partial charge in [-0.05, 0) is 38.3 Å². The van der Waals surface area contributed by atoms with Gasteiger partial charge in [0, 0.05) is 24.3 Å². The highest BCUT2D eigenvalue weighted by Crippen LogP contribution is 2.39. The Labute approximate surface area is 125 Å². The fraction of sp³-hybridized carbons (Fsp3) is 0.438. The largest absolute Gasteiger partial charge is 0.323 e. The molecular formula is C16H20ClN3. The van der Waals surface area contributed by atoms with Gasteiger partial charge >= 0.3 is 0 Å². The second-order valence-electron chi connectivity index (χ2n) is 5.53. The minimum Gasteiger partial charge on any atom is -0.323 e. The van der Waals surface area contributed by atoms with E-state index in [0.717, 1.165) is 29.9 Å². The van der Waals surface area contributed by atoms with E-state index in [1.807, 2.05) is 18.7 Å². The second-order valence-corrected chi connectivity index (χ2v) is 5.80.